The van der Waals surface area contributed by atoms with Crippen molar-refractivity contribution in [2.75, 3.05) is 5.73 Å². The molecule has 1 aliphatic heterocycles. The van der Waals surface area contributed by atoms with Gasteiger partial charge in [0.15, 0.2) is 5.16 Å². The maximum Gasteiger partial charge on any atom is 0.197 e. The Balaban J connectivity index is 1.92. The highest BCUT2D eigenvalue weighted by atomic mass is 32.2. The number of nitrogen functional groups attached to an aromatic ring is 1. The van der Waals surface area contributed by atoms with Gasteiger partial charge in [-0.05, 0) is 30.7 Å². The summed E-state index contributed by atoms with van der Waals surface area (Å²) in [6.45, 7) is 0.932. The Kier molecular flexibility index (Phi) is 3.56. The van der Waals surface area contributed by atoms with Crippen LogP contribution in [0.5, 0.6) is 0 Å². The fourth-order valence-electron chi connectivity index (χ4n) is 2.25. The van der Waals surface area contributed by atoms with Crippen LogP contribution in [-0.4, -0.2) is 19.7 Å². The summed E-state index contributed by atoms with van der Waals surface area (Å²) < 4.78 is 2.14. The molecule has 0 saturated heterocycles. The van der Waals surface area contributed by atoms with E-state index in [0.29, 0.717) is 16.3 Å². The quantitative estimate of drug-likeness (QED) is 0.907. The maximum atomic E-state index is 9.15. The van der Waals surface area contributed by atoms with Crippen molar-refractivity contribution in [1.82, 2.24) is 19.7 Å². The van der Waals surface area contributed by atoms with Gasteiger partial charge in [-0.2, -0.15) is 5.26 Å². The summed E-state index contributed by atoms with van der Waals surface area (Å²) in [5.74, 6) is 1.03. The monoisotopic (exact) mass is 286 g/mol. The average Bonchev–Trinajstić information content (AvgIpc) is 2.69. The second kappa shape index (κ2) is 5.51. The summed E-state index contributed by atoms with van der Waals surface area (Å²) in [7, 11) is 0. The van der Waals surface area contributed by atoms with E-state index in [1.54, 1.807) is 12.3 Å². The molecular formula is C13H14N6S. The highest BCUT2D eigenvalue weighted by Crippen LogP contribution is 2.29. The van der Waals surface area contributed by atoms with Gasteiger partial charge >= 0.3 is 0 Å². The zero-order valence-corrected chi connectivity index (χ0v) is 11.7. The Morgan fingerprint density at radius 1 is 1.30 bits per heavy atom. The van der Waals surface area contributed by atoms with E-state index in [1.165, 1.54) is 18.2 Å². The number of nitrogens with zero attached hydrogens (tertiary/aromatic N) is 5. The van der Waals surface area contributed by atoms with Crippen LogP contribution >= 0.6 is 11.8 Å². The van der Waals surface area contributed by atoms with Crippen molar-refractivity contribution in [2.24, 2.45) is 0 Å². The first-order chi connectivity index (χ1) is 9.78. The molecule has 2 aromatic heterocycles. The molecule has 20 heavy (non-hydrogen) atoms. The van der Waals surface area contributed by atoms with E-state index >= 15 is 0 Å². The fraction of sp³-hybridized carbons (Fsp3) is 0.385. The number of rotatable bonds is 2. The molecule has 0 spiro atoms. The number of hydrogen-bond donors (Lipinski definition) is 1. The number of fused-ring (bicyclic) bond motifs is 1. The molecule has 0 aliphatic carbocycles. The van der Waals surface area contributed by atoms with Crippen LogP contribution in [0.3, 0.4) is 0 Å². The number of nitriles is 1. The molecule has 2 N–H and O–H groups in total. The Morgan fingerprint density at radius 3 is 3.05 bits per heavy atom. The third-order valence-electron chi connectivity index (χ3n) is 3.26. The standard InChI is InChI=1S/C13H14N6S/c14-7-9-6-10(15)8-16-12(9)20-13-18-17-11-4-2-1-3-5-19(11)13/h6,8H,1-5,15H2. The number of aryl methyl sites for hydroxylation is 1. The summed E-state index contributed by atoms with van der Waals surface area (Å²) in [6, 6.07) is 3.75. The van der Waals surface area contributed by atoms with Crippen molar-refractivity contribution in [1.29, 1.82) is 5.26 Å². The minimum Gasteiger partial charge on any atom is -0.397 e. The minimum atomic E-state index is 0.473. The lowest BCUT2D eigenvalue weighted by molar-refractivity contribution is 0.590. The molecule has 102 valence electrons. The summed E-state index contributed by atoms with van der Waals surface area (Å²) >= 11 is 1.38. The highest BCUT2D eigenvalue weighted by Gasteiger charge is 2.17. The maximum absolute atomic E-state index is 9.15. The predicted molar refractivity (Wildman–Crippen MR) is 75.1 cm³/mol. The SMILES string of the molecule is N#Cc1cc(N)cnc1Sc1nnc2n1CCCCC2. The van der Waals surface area contributed by atoms with E-state index in [4.69, 9.17) is 11.0 Å². The first kappa shape index (κ1) is 12.9. The van der Waals surface area contributed by atoms with E-state index in [2.05, 4.69) is 25.8 Å². The first-order valence-electron chi connectivity index (χ1n) is 6.53. The van der Waals surface area contributed by atoms with Gasteiger partial charge in [0, 0.05) is 13.0 Å². The lowest BCUT2D eigenvalue weighted by Crippen LogP contribution is -2.02. The van der Waals surface area contributed by atoms with Crippen molar-refractivity contribution in [3.63, 3.8) is 0 Å². The van der Waals surface area contributed by atoms with Crippen LogP contribution in [0.2, 0.25) is 0 Å². The summed E-state index contributed by atoms with van der Waals surface area (Å²) in [5.41, 5.74) is 6.62. The molecule has 3 heterocycles. The Morgan fingerprint density at radius 2 is 2.20 bits per heavy atom. The Hall–Kier alpha value is -2.07. The Bertz CT molecular complexity index is 672. The molecule has 2 aromatic rings. The van der Waals surface area contributed by atoms with Crippen molar-refractivity contribution < 1.29 is 0 Å². The van der Waals surface area contributed by atoms with Gasteiger partial charge in [0.2, 0.25) is 0 Å². The minimum absolute atomic E-state index is 0.473. The summed E-state index contributed by atoms with van der Waals surface area (Å²) in [5, 5.41) is 19.1. The first-order valence-corrected chi connectivity index (χ1v) is 7.35. The zero-order valence-electron chi connectivity index (χ0n) is 10.9. The van der Waals surface area contributed by atoms with Gasteiger partial charge in [-0.25, -0.2) is 4.98 Å². The van der Waals surface area contributed by atoms with Gasteiger partial charge in [0.05, 0.1) is 17.4 Å². The van der Waals surface area contributed by atoms with Crippen LogP contribution in [0.25, 0.3) is 0 Å². The molecule has 0 fully saturated rings. The van der Waals surface area contributed by atoms with Crippen LogP contribution in [0.4, 0.5) is 5.69 Å². The Labute approximate surface area is 121 Å². The van der Waals surface area contributed by atoms with Crippen LogP contribution in [0.1, 0.15) is 30.7 Å². The van der Waals surface area contributed by atoms with Crippen LogP contribution < -0.4 is 5.73 Å². The normalized spacial score (nSPS) is 14.3. The van der Waals surface area contributed by atoms with Gasteiger partial charge in [-0.1, -0.05) is 6.42 Å². The smallest absolute Gasteiger partial charge is 0.197 e. The molecule has 0 bridgehead atoms. The van der Waals surface area contributed by atoms with E-state index < -0.39 is 0 Å². The van der Waals surface area contributed by atoms with Crippen LogP contribution in [0.15, 0.2) is 22.4 Å². The van der Waals surface area contributed by atoms with Gasteiger partial charge in [-0.3, -0.25) is 0 Å². The lowest BCUT2D eigenvalue weighted by Gasteiger charge is -2.06. The lowest BCUT2D eigenvalue weighted by atomic mass is 10.2. The number of pyridine rings is 1. The van der Waals surface area contributed by atoms with Gasteiger partial charge in [-0.15, -0.1) is 10.2 Å². The molecule has 3 rings (SSSR count). The second-order valence-electron chi connectivity index (χ2n) is 4.70. The fourth-order valence-corrected chi connectivity index (χ4v) is 3.13. The molecular weight excluding hydrogens is 272 g/mol. The van der Waals surface area contributed by atoms with Crippen molar-refractivity contribution >= 4 is 17.4 Å². The largest absolute Gasteiger partial charge is 0.397 e. The van der Waals surface area contributed by atoms with E-state index in [9.17, 15) is 0 Å². The van der Waals surface area contributed by atoms with Crippen molar-refractivity contribution in [3.05, 3.63) is 23.7 Å². The predicted octanol–water partition coefficient (Wildman–Crippen LogP) is 2.00. The van der Waals surface area contributed by atoms with Crippen molar-refractivity contribution in [3.8, 4) is 6.07 Å². The van der Waals surface area contributed by atoms with Crippen molar-refractivity contribution in [2.45, 2.75) is 42.4 Å². The molecule has 0 radical (unpaired) electrons. The molecule has 0 aromatic carbocycles. The number of anilines is 1. The molecule has 0 amide bonds. The van der Waals surface area contributed by atoms with Gasteiger partial charge in [0.1, 0.15) is 16.9 Å². The number of aromatic nitrogens is 4. The van der Waals surface area contributed by atoms with E-state index in [1.807, 2.05) is 0 Å². The van der Waals surface area contributed by atoms with E-state index in [-0.39, 0.29) is 0 Å². The molecule has 0 atom stereocenters. The molecule has 0 saturated carbocycles. The number of hydrogen-bond acceptors (Lipinski definition) is 6. The average molecular weight is 286 g/mol. The second-order valence-corrected chi connectivity index (χ2v) is 5.65. The molecule has 0 unspecified atom stereocenters. The number of nitrogens with two attached hydrogens (primary N) is 1. The van der Waals surface area contributed by atoms with E-state index in [0.717, 1.165) is 36.8 Å². The van der Waals surface area contributed by atoms with Gasteiger partial charge in [0.25, 0.3) is 0 Å². The molecule has 7 heteroatoms. The summed E-state index contributed by atoms with van der Waals surface area (Å²) in [6.07, 6.45) is 6.04. The molecule has 6 nitrogen and oxygen atoms in total. The third kappa shape index (κ3) is 2.47. The zero-order chi connectivity index (χ0) is 13.9. The van der Waals surface area contributed by atoms with Gasteiger partial charge < -0.3 is 10.3 Å². The highest BCUT2D eigenvalue weighted by molar-refractivity contribution is 7.99. The van der Waals surface area contributed by atoms with Crippen LogP contribution in [-0.2, 0) is 13.0 Å². The topological polar surface area (TPSA) is 93.4 Å². The molecule has 1 aliphatic rings. The summed E-state index contributed by atoms with van der Waals surface area (Å²) in [4.78, 5) is 4.23. The van der Waals surface area contributed by atoms with Crippen LogP contribution in [0, 0.1) is 11.3 Å². The third-order valence-corrected chi connectivity index (χ3v) is 4.26.